The van der Waals surface area contributed by atoms with Gasteiger partial charge in [-0.3, -0.25) is 4.79 Å². The Bertz CT molecular complexity index is 878. The number of allylic oxidation sites excluding steroid dienone is 1. The topological polar surface area (TPSA) is 34.0 Å². The van der Waals surface area contributed by atoms with Crippen LogP contribution in [0.4, 0.5) is 5.69 Å². The second-order valence-electron chi connectivity index (χ2n) is 11.1. The van der Waals surface area contributed by atoms with Crippen molar-refractivity contribution in [3.8, 4) is 0 Å². The van der Waals surface area contributed by atoms with Crippen molar-refractivity contribution in [2.75, 3.05) is 37.6 Å². The molecule has 4 aliphatic rings. The van der Waals surface area contributed by atoms with E-state index in [0.717, 1.165) is 45.6 Å². The number of carbonyl (C=O) groups is 1. The fraction of sp³-hybridized carbons (Fsp3) is 0.667. The summed E-state index contributed by atoms with van der Waals surface area (Å²) in [5, 5.41) is 0. The Hall–Kier alpha value is -1.52. The SMILES string of the molecule is C=C1CCCC2(C)C[C@H]3OC(=O)C(C[NH+]4CCN(c5cccc(C)c5C)CC4)[C@H]3CC12.[Cl-]. The smallest absolute Gasteiger partial charge is 0.315 e. The van der Waals surface area contributed by atoms with E-state index < -0.39 is 0 Å². The van der Waals surface area contributed by atoms with Crippen molar-refractivity contribution >= 4 is 11.7 Å². The number of rotatable bonds is 3. The normalized spacial score (nSPS) is 35.0. The monoisotopic (exact) mass is 458 g/mol. The molecule has 4 nitrogen and oxygen atoms in total. The second-order valence-corrected chi connectivity index (χ2v) is 11.1. The quantitative estimate of drug-likeness (QED) is 0.523. The summed E-state index contributed by atoms with van der Waals surface area (Å²) in [6.07, 6.45) is 5.96. The number of nitrogens with one attached hydrogen (secondary N) is 1. The van der Waals surface area contributed by atoms with Crippen LogP contribution in [0.5, 0.6) is 0 Å². The number of hydrogen-bond donors (Lipinski definition) is 1. The number of fused-ring (bicyclic) bond motifs is 2. The van der Waals surface area contributed by atoms with Crippen LogP contribution in [0.2, 0.25) is 0 Å². The molecule has 5 atom stereocenters. The van der Waals surface area contributed by atoms with Gasteiger partial charge in [-0.25, -0.2) is 0 Å². The molecular weight excluding hydrogens is 420 g/mol. The van der Waals surface area contributed by atoms with Gasteiger partial charge >= 0.3 is 5.97 Å². The lowest BCUT2D eigenvalue weighted by atomic mass is 9.55. The molecule has 2 heterocycles. The maximum atomic E-state index is 12.9. The van der Waals surface area contributed by atoms with E-state index in [-0.39, 0.29) is 35.8 Å². The van der Waals surface area contributed by atoms with Crippen LogP contribution in [0.25, 0.3) is 0 Å². The van der Waals surface area contributed by atoms with E-state index >= 15 is 0 Å². The van der Waals surface area contributed by atoms with Crippen LogP contribution < -0.4 is 22.2 Å². The molecule has 1 aromatic carbocycles. The molecule has 2 aliphatic heterocycles. The molecule has 4 fully saturated rings. The molecule has 0 radical (unpaired) electrons. The molecule has 5 rings (SSSR count). The highest BCUT2D eigenvalue weighted by Gasteiger charge is 2.56. The first-order valence-corrected chi connectivity index (χ1v) is 12.4. The Kier molecular flexibility index (Phi) is 6.66. The summed E-state index contributed by atoms with van der Waals surface area (Å²) in [5.41, 5.74) is 5.85. The third-order valence-corrected chi connectivity index (χ3v) is 9.22. The number of piperazine rings is 1. The van der Waals surface area contributed by atoms with Crippen molar-refractivity contribution in [1.29, 1.82) is 0 Å². The fourth-order valence-corrected chi connectivity index (χ4v) is 7.15. The number of ether oxygens (including phenoxy) is 1. The van der Waals surface area contributed by atoms with Crippen LogP contribution in [0.3, 0.4) is 0 Å². The summed E-state index contributed by atoms with van der Waals surface area (Å²) < 4.78 is 6.00. The number of benzene rings is 1. The zero-order valence-electron chi connectivity index (χ0n) is 20.0. The second kappa shape index (κ2) is 9.02. The average molecular weight is 459 g/mol. The van der Waals surface area contributed by atoms with Gasteiger partial charge in [-0.05, 0) is 74.5 Å². The molecule has 32 heavy (non-hydrogen) atoms. The van der Waals surface area contributed by atoms with E-state index in [1.807, 2.05) is 0 Å². The number of anilines is 1. The van der Waals surface area contributed by atoms with Crippen LogP contribution in [-0.2, 0) is 9.53 Å². The van der Waals surface area contributed by atoms with Gasteiger partial charge in [0.15, 0.2) is 0 Å². The summed E-state index contributed by atoms with van der Waals surface area (Å²) in [5.74, 6) is 1.12. The van der Waals surface area contributed by atoms with E-state index in [0.29, 0.717) is 11.8 Å². The predicted molar refractivity (Wildman–Crippen MR) is 124 cm³/mol. The van der Waals surface area contributed by atoms with Crippen LogP contribution in [0, 0.1) is 37.0 Å². The zero-order valence-corrected chi connectivity index (χ0v) is 20.7. The summed E-state index contributed by atoms with van der Waals surface area (Å²) in [6, 6.07) is 6.61. The molecular formula is C27H39ClN2O2. The molecule has 176 valence electrons. The van der Waals surface area contributed by atoms with Crippen molar-refractivity contribution in [1.82, 2.24) is 0 Å². The first-order chi connectivity index (χ1) is 14.9. The molecule has 5 heteroatoms. The minimum atomic E-state index is 0. The highest BCUT2D eigenvalue weighted by Crippen LogP contribution is 2.56. The summed E-state index contributed by atoms with van der Waals surface area (Å²) in [6.45, 7) is 16.5. The first kappa shape index (κ1) is 23.6. The number of nitrogens with zero attached hydrogens (tertiary/aromatic N) is 1. The molecule has 0 spiro atoms. The number of halogens is 1. The van der Waals surface area contributed by atoms with Crippen molar-refractivity contribution < 1.29 is 26.8 Å². The third kappa shape index (κ3) is 4.09. The minimum Gasteiger partial charge on any atom is -1.00 e. The number of hydrogen-bond acceptors (Lipinski definition) is 3. The van der Waals surface area contributed by atoms with Crippen molar-refractivity contribution in [3.63, 3.8) is 0 Å². The van der Waals surface area contributed by atoms with Crippen LogP contribution in [-0.4, -0.2) is 44.8 Å². The Morgan fingerprint density at radius 3 is 2.75 bits per heavy atom. The van der Waals surface area contributed by atoms with Gasteiger partial charge in [0.25, 0.3) is 0 Å². The van der Waals surface area contributed by atoms with E-state index in [9.17, 15) is 4.79 Å². The van der Waals surface area contributed by atoms with E-state index in [1.54, 1.807) is 4.90 Å². The summed E-state index contributed by atoms with van der Waals surface area (Å²) in [4.78, 5) is 17.0. The van der Waals surface area contributed by atoms with E-state index in [1.165, 1.54) is 41.6 Å². The molecule has 1 aromatic rings. The van der Waals surface area contributed by atoms with E-state index in [4.69, 9.17) is 4.74 Å². The van der Waals surface area contributed by atoms with Crippen molar-refractivity contribution in [3.05, 3.63) is 41.5 Å². The van der Waals surface area contributed by atoms with Gasteiger partial charge in [-0.1, -0.05) is 31.2 Å². The molecule has 3 unspecified atom stereocenters. The summed E-state index contributed by atoms with van der Waals surface area (Å²) >= 11 is 0. The summed E-state index contributed by atoms with van der Waals surface area (Å²) in [7, 11) is 0. The van der Waals surface area contributed by atoms with Gasteiger partial charge in [0.1, 0.15) is 12.0 Å². The van der Waals surface area contributed by atoms with Crippen LogP contribution in [0.15, 0.2) is 30.4 Å². The number of esters is 1. The lowest BCUT2D eigenvalue weighted by Gasteiger charge is -2.50. The van der Waals surface area contributed by atoms with Gasteiger partial charge in [0.05, 0.1) is 32.7 Å². The molecule has 0 amide bonds. The first-order valence-electron chi connectivity index (χ1n) is 12.4. The van der Waals surface area contributed by atoms with Crippen LogP contribution >= 0.6 is 0 Å². The Labute approximate surface area is 199 Å². The highest BCUT2D eigenvalue weighted by molar-refractivity contribution is 5.75. The molecule has 2 saturated carbocycles. The Balaban J connectivity index is 0.00000245. The average Bonchev–Trinajstić information content (AvgIpc) is 3.03. The number of quaternary nitrogens is 1. The maximum Gasteiger partial charge on any atom is 0.315 e. The van der Waals surface area contributed by atoms with Gasteiger partial charge in [0, 0.05) is 11.6 Å². The molecule has 0 aromatic heterocycles. The van der Waals surface area contributed by atoms with Gasteiger partial charge in [-0.15, -0.1) is 0 Å². The lowest BCUT2D eigenvalue weighted by Crippen LogP contribution is -3.15. The van der Waals surface area contributed by atoms with Gasteiger partial charge in [0.2, 0.25) is 0 Å². The Morgan fingerprint density at radius 2 is 2.00 bits per heavy atom. The molecule has 0 bridgehead atoms. The van der Waals surface area contributed by atoms with Crippen molar-refractivity contribution in [2.24, 2.45) is 23.2 Å². The third-order valence-electron chi connectivity index (χ3n) is 9.22. The molecule has 2 aliphatic carbocycles. The molecule has 2 saturated heterocycles. The number of carbonyl (C=O) groups excluding carboxylic acids is 1. The predicted octanol–water partition coefficient (Wildman–Crippen LogP) is 0.327. The zero-order chi connectivity index (χ0) is 21.8. The van der Waals surface area contributed by atoms with Crippen molar-refractivity contribution in [2.45, 2.75) is 59.0 Å². The molecule has 1 N–H and O–H groups in total. The minimum absolute atomic E-state index is 0. The Morgan fingerprint density at radius 1 is 1.25 bits per heavy atom. The maximum absolute atomic E-state index is 12.9. The number of aryl methyl sites for hydroxylation is 1. The van der Waals surface area contributed by atoms with Gasteiger partial charge < -0.3 is 26.9 Å². The standard InChI is InChI=1S/C27H38N2O2.ClH/c1-18-7-5-9-24(20(18)3)29-13-11-28(12-14-29)17-22-21-15-23-19(2)8-6-10-27(23,4)16-25(21)31-26(22)30;/h5,7,9,21-23,25H,2,6,8,10-17H2,1,3-4H3;1H/t21-,22?,23?,25-,27?;/m1./s1. The van der Waals surface area contributed by atoms with E-state index in [2.05, 4.69) is 50.4 Å². The fourth-order valence-electron chi connectivity index (χ4n) is 7.15. The largest absolute Gasteiger partial charge is 1.00 e. The highest BCUT2D eigenvalue weighted by atomic mass is 35.5. The van der Waals surface area contributed by atoms with Gasteiger partial charge in [-0.2, -0.15) is 0 Å². The van der Waals surface area contributed by atoms with Crippen LogP contribution in [0.1, 0.15) is 50.2 Å². The lowest BCUT2D eigenvalue weighted by molar-refractivity contribution is -0.903.